The van der Waals surface area contributed by atoms with Crippen LogP contribution in [0.5, 0.6) is 0 Å². The Balaban J connectivity index is 1.67. The van der Waals surface area contributed by atoms with Gasteiger partial charge in [-0.25, -0.2) is 0 Å². The molecular weight excluding hydrogens is 411 g/mol. The first kappa shape index (κ1) is 19.7. The van der Waals surface area contributed by atoms with E-state index in [2.05, 4.69) is 15.6 Å². The van der Waals surface area contributed by atoms with Crippen molar-refractivity contribution in [2.75, 3.05) is 11.9 Å². The molecule has 0 radical (unpaired) electrons. The maximum atomic E-state index is 12.2. The Bertz CT molecular complexity index is 1010. The molecule has 0 aliphatic rings. The summed E-state index contributed by atoms with van der Waals surface area (Å²) in [5.74, 6) is 0.856. The van der Waals surface area contributed by atoms with Crippen molar-refractivity contribution >= 4 is 40.5 Å². The van der Waals surface area contributed by atoms with E-state index in [0.29, 0.717) is 10.7 Å². The monoisotopic (exact) mass is 426 g/mol. The first-order valence-electron chi connectivity index (χ1n) is 8.27. The van der Waals surface area contributed by atoms with Crippen molar-refractivity contribution in [1.29, 1.82) is 0 Å². The van der Waals surface area contributed by atoms with Crippen LogP contribution < -0.4 is 10.9 Å². The standard InChI is InChI=1S/C18H17Cl3N4O2/c1-10-13(11(2)27-24-10)4-3-7-22-16-6-5-12(8-14(16)19)25-18(26)17(21)15(20)9-23-25/h5-6,8-9,22H,3-4,7H2,1-2H3. The fourth-order valence-corrected chi connectivity index (χ4v) is 3.22. The second kappa shape index (κ2) is 8.33. The topological polar surface area (TPSA) is 73.0 Å². The van der Waals surface area contributed by atoms with Crippen LogP contribution in [0.15, 0.2) is 33.7 Å². The molecule has 9 heteroatoms. The third-order valence-corrected chi connectivity index (χ3v) is 5.24. The number of aryl methyl sites for hydroxylation is 2. The predicted molar refractivity (Wildman–Crippen MR) is 108 cm³/mol. The lowest BCUT2D eigenvalue weighted by atomic mass is 10.1. The molecular formula is C18H17Cl3N4O2. The Kier molecular flexibility index (Phi) is 6.09. The average molecular weight is 428 g/mol. The van der Waals surface area contributed by atoms with E-state index in [9.17, 15) is 4.79 Å². The van der Waals surface area contributed by atoms with Crippen LogP contribution in [0, 0.1) is 13.8 Å². The largest absolute Gasteiger partial charge is 0.384 e. The van der Waals surface area contributed by atoms with Gasteiger partial charge in [-0.2, -0.15) is 9.78 Å². The third-order valence-electron chi connectivity index (χ3n) is 4.17. The minimum Gasteiger partial charge on any atom is -0.384 e. The number of rotatable bonds is 6. The quantitative estimate of drug-likeness (QED) is 0.570. The van der Waals surface area contributed by atoms with Gasteiger partial charge < -0.3 is 9.84 Å². The molecule has 0 atom stereocenters. The highest BCUT2D eigenvalue weighted by Gasteiger charge is 2.11. The average Bonchev–Trinajstić information content (AvgIpc) is 2.96. The smallest absolute Gasteiger partial charge is 0.291 e. The van der Waals surface area contributed by atoms with Gasteiger partial charge >= 0.3 is 0 Å². The van der Waals surface area contributed by atoms with Crippen LogP contribution in [0.2, 0.25) is 15.1 Å². The number of anilines is 1. The normalized spacial score (nSPS) is 11.0. The molecule has 0 bridgehead atoms. The van der Waals surface area contributed by atoms with E-state index >= 15 is 0 Å². The maximum Gasteiger partial charge on any atom is 0.291 e. The lowest BCUT2D eigenvalue weighted by Crippen LogP contribution is -2.21. The molecule has 142 valence electrons. The highest BCUT2D eigenvalue weighted by Crippen LogP contribution is 2.25. The van der Waals surface area contributed by atoms with E-state index in [1.165, 1.54) is 6.20 Å². The summed E-state index contributed by atoms with van der Waals surface area (Å²) in [6, 6.07) is 5.18. The number of aromatic nitrogens is 3. The molecule has 3 aromatic rings. The van der Waals surface area contributed by atoms with Crippen molar-refractivity contribution in [2.45, 2.75) is 26.7 Å². The van der Waals surface area contributed by atoms with Crippen LogP contribution in [0.25, 0.3) is 5.69 Å². The summed E-state index contributed by atoms with van der Waals surface area (Å²) >= 11 is 18.0. The first-order valence-corrected chi connectivity index (χ1v) is 9.40. The van der Waals surface area contributed by atoms with Gasteiger partial charge in [0, 0.05) is 12.1 Å². The van der Waals surface area contributed by atoms with Crippen LogP contribution in [0.1, 0.15) is 23.4 Å². The van der Waals surface area contributed by atoms with Crippen LogP contribution in [-0.4, -0.2) is 21.5 Å². The predicted octanol–water partition coefficient (Wildman–Crippen LogP) is 4.84. The molecule has 0 aliphatic heterocycles. The number of benzene rings is 1. The molecule has 27 heavy (non-hydrogen) atoms. The lowest BCUT2D eigenvalue weighted by molar-refractivity contribution is 0.392. The van der Waals surface area contributed by atoms with Crippen molar-refractivity contribution in [1.82, 2.24) is 14.9 Å². The fraction of sp³-hybridized carbons (Fsp3) is 0.278. The first-order chi connectivity index (χ1) is 12.9. The van der Waals surface area contributed by atoms with E-state index in [1.807, 2.05) is 13.8 Å². The van der Waals surface area contributed by atoms with Crippen molar-refractivity contribution in [3.8, 4) is 5.69 Å². The Labute approximate surface area is 171 Å². The zero-order valence-electron chi connectivity index (χ0n) is 14.7. The van der Waals surface area contributed by atoms with E-state index < -0.39 is 5.56 Å². The molecule has 6 nitrogen and oxygen atoms in total. The Hall–Kier alpha value is -2.02. The minimum atomic E-state index is -0.500. The summed E-state index contributed by atoms with van der Waals surface area (Å²) in [6.45, 7) is 4.58. The van der Waals surface area contributed by atoms with Gasteiger partial charge in [-0.05, 0) is 44.9 Å². The Morgan fingerprint density at radius 1 is 1.19 bits per heavy atom. The molecule has 0 spiro atoms. The van der Waals surface area contributed by atoms with E-state index in [1.54, 1.807) is 18.2 Å². The molecule has 0 aliphatic carbocycles. The summed E-state index contributed by atoms with van der Waals surface area (Å²) in [5.41, 5.74) is 2.84. The maximum absolute atomic E-state index is 12.2. The third kappa shape index (κ3) is 4.29. The molecule has 0 amide bonds. The SMILES string of the molecule is Cc1noc(C)c1CCCNc1ccc(-n2ncc(Cl)c(Cl)c2=O)cc1Cl. The van der Waals surface area contributed by atoms with Gasteiger partial charge in [0.15, 0.2) is 0 Å². The van der Waals surface area contributed by atoms with Crippen LogP contribution >= 0.6 is 34.8 Å². The molecule has 0 saturated carbocycles. The summed E-state index contributed by atoms with van der Waals surface area (Å²) in [6.07, 6.45) is 3.08. The van der Waals surface area contributed by atoms with Crippen molar-refractivity contribution in [3.63, 3.8) is 0 Å². The number of nitrogens with zero attached hydrogens (tertiary/aromatic N) is 3. The molecule has 0 fully saturated rings. The van der Waals surface area contributed by atoms with Crippen LogP contribution in [0.4, 0.5) is 5.69 Å². The minimum absolute atomic E-state index is 0.0793. The highest BCUT2D eigenvalue weighted by molar-refractivity contribution is 6.41. The van der Waals surface area contributed by atoms with E-state index in [-0.39, 0.29) is 10.0 Å². The number of halogens is 3. The molecule has 0 saturated heterocycles. The number of hydrogen-bond acceptors (Lipinski definition) is 5. The fourth-order valence-electron chi connectivity index (χ4n) is 2.72. The summed E-state index contributed by atoms with van der Waals surface area (Å²) < 4.78 is 6.32. The van der Waals surface area contributed by atoms with Gasteiger partial charge in [-0.3, -0.25) is 4.79 Å². The molecule has 1 aromatic carbocycles. The zero-order chi connectivity index (χ0) is 19.6. The van der Waals surface area contributed by atoms with Crippen molar-refractivity contribution in [3.05, 3.63) is 66.8 Å². The van der Waals surface area contributed by atoms with Gasteiger partial charge in [-0.1, -0.05) is 40.0 Å². The molecule has 0 unspecified atom stereocenters. The number of hydrogen-bond donors (Lipinski definition) is 1. The Morgan fingerprint density at radius 2 is 1.96 bits per heavy atom. The highest BCUT2D eigenvalue weighted by atomic mass is 35.5. The summed E-state index contributed by atoms with van der Waals surface area (Å²) in [4.78, 5) is 12.2. The molecule has 2 aromatic heterocycles. The summed E-state index contributed by atoms with van der Waals surface area (Å²) in [7, 11) is 0. The number of nitrogens with one attached hydrogen (secondary N) is 1. The molecule has 1 N–H and O–H groups in total. The van der Waals surface area contributed by atoms with Gasteiger partial charge in [0.05, 0.1) is 33.3 Å². The van der Waals surface area contributed by atoms with E-state index in [0.717, 1.165) is 46.8 Å². The lowest BCUT2D eigenvalue weighted by Gasteiger charge is -2.11. The van der Waals surface area contributed by atoms with Crippen molar-refractivity contribution < 1.29 is 4.52 Å². The van der Waals surface area contributed by atoms with Crippen molar-refractivity contribution in [2.24, 2.45) is 0 Å². The van der Waals surface area contributed by atoms with E-state index in [4.69, 9.17) is 39.3 Å². The molecule has 2 heterocycles. The van der Waals surface area contributed by atoms with Crippen LogP contribution in [0.3, 0.4) is 0 Å². The summed E-state index contributed by atoms with van der Waals surface area (Å²) in [5, 5.41) is 11.7. The second-order valence-corrected chi connectivity index (χ2v) is 7.21. The van der Waals surface area contributed by atoms with Gasteiger partial charge in [0.2, 0.25) is 0 Å². The molecule has 3 rings (SSSR count). The van der Waals surface area contributed by atoms with Gasteiger partial charge in [-0.15, -0.1) is 0 Å². The van der Waals surface area contributed by atoms with Gasteiger partial charge in [0.25, 0.3) is 5.56 Å². The Morgan fingerprint density at radius 3 is 2.63 bits per heavy atom. The van der Waals surface area contributed by atoms with Crippen LogP contribution in [-0.2, 0) is 6.42 Å². The second-order valence-electron chi connectivity index (χ2n) is 6.02. The van der Waals surface area contributed by atoms with Gasteiger partial charge in [0.1, 0.15) is 10.8 Å². The zero-order valence-corrected chi connectivity index (χ0v) is 17.0.